The highest BCUT2D eigenvalue weighted by Crippen LogP contribution is 2.25. The van der Waals surface area contributed by atoms with Gasteiger partial charge in [0.05, 0.1) is 5.69 Å². The van der Waals surface area contributed by atoms with Gasteiger partial charge in [-0.2, -0.15) is 9.67 Å². The third kappa shape index (κ3) is 6.30. The molecule has 0 fully saturated rings. The summed E-state index contributed by atoms with van der Waals surface area (Å²) in [7, 11) is 0. The molecule has 4 rings (SSSR count). The molecule has 0 bridgehead atoms. The molecular formula is C25H21F3N6O3. The number of carbonyl (C=O) groups is 2. The highest BCUT2D eigenvalue weighted by Gasteiger charge is 2.31. The normalized spacial score (nSPS) is 11.2. The molecule has 37 heavy (non-hydrogen) atoms. The molecule has 12 heteroatoms. The SMILES string of the molecule is Cc1ccccc1C(=O)Nc1nc(NC(=O)c2ccc(CN)cc2)nn1-c1ccc(OC(F)(F)F)cc1. The van der Waals surface area contributed by atoms with Crippen LogP contribution in [0.2, 0.25) is 0 Å². The van der Waals surface area contributed by atoms with Crippen molar-refractivity contribution in [1.29, 1.82) is 0 Å². The first-order valence-corrected chi connectivity index (χ1v) is 10.9. The number of alkyl halides is 3. The number of nitrogens with one attached hydrogen (secondary N) is 2. The fourth-order valence-electron chi connectivity index (χ4n) is 3.38. The van der Waals surface area contributed by atoms with E-state index in [1.165, 1.54) is 16.8 Å². The Morgan fingerprint density at radius 3 is 2.24 bits per heavy atom. The Hall–Kier alpha value is -4.71. The van der Waals surface area contributed by atoms with Crippen LogP contribution < -0.4 is 21.1 Å². The number of hydrogen-bond donors (Lipinski definition) is 3. The van der Waals surface area contributed by atoms with Gasteiger partial charge < -0.3 is 10.5 Å². The van der Waals surface area contributed by atoms with Crippen LogP contribution in [0.5, 0.6) is 5.75 Å². The average molecular weight is 510 g/mol. The molecule has 9 nitrogen and oxygen atoms in total. The average Bonchev–Trinajstić information content (AvgIpc) is 3.25. The Labute approximate surface area is 209 Å². The van der Waals surface area contributed by atoms with E-state index in [2.05, 4.69) is 25.5 Å². The van der Waals surface area contributed by atoms with E-state index in [0.29, 0.717) is 23.2 Å². The van der Waals surface area contributed by atoms with E-state index in [0.717, 1.165) is 17.7 Å². The van der Waals surface area contributed by atoms with Crippen LogP contribution in [0.1, 0.15) is 31.8 Å². The smallest absolute Gasteiger partial charge is 0.406 e. The quantitative estimate of drug-likeness (QED) is 0.338. The fraction of sp³-hybridized carbons (Fsp3) is 0.120. The Kier molecular flexibility index (Phi) is 7.20. The number of carbonyl (C=O) groups excluding carboxylic acids is 2. The lowest BCUT2D eigenvalue weighted by Gasteiger charge is -2.11. The molecule has 1 heterocycles. The van der Waals surface area contributed by atoms with Gasteiger partial charge in [0, 0.05) is 17.7 Å². The summed E-state index contributed by atoms with van der Waals surface area (Å²) < 4.78 is 42.7. The summed E-state index contributed by atoms with van der Waals surface area (Å²) in [6.45, 7) is 2.09. The minimum Gasteiger partial charge on any atom is -0.406 e. The summed E-state index contributed by atoms with van der Waals surface area (Å²) in [6.07, 6.45) is -4.85. The Balaban J connectivity index is 1.64. The predicted octanol–water partition coefficient (Wildman–Crippen LogP) is 4.44. The van der Waals surface area contributed by atoms with Crippen LogP contribution in [-0.4, -0.2) is 32.9 Å². The highest BCUT2D eigenvalue weighted by molar-refractivity contribution is 6.05. The van der Waals surface area contributed by atoms with Gasteiger partial charge in [0.25, 0.3) is 17.8 Å². The molecule has 1 aromatic heterocycles. The summed E-state index contributed by atoms with van der Waals surface area (Å²) in [5, 5.41) is 9.43. The number of aromatic nitrogens is 3. The Bertz CT molecular complexity index is 1420. The number of amides is 2. The standard InChI is InChI=1S/C25H21F3N6O3/c1-15-4-2-3-5-20(15)22(36)31-24-32-23(30-21(35)17-8-6-16(14-29)7-9-17)33-34(24)18-10-12-19(13-11-18)37-25(26,27)28/h2-13H,14,29H2,1H3,(H2,30,31,32,33,35,36). The van der Waals surface area contributed by atoms with Crippen molar-refractivity contribution < 1.29 is 27.5 Å². The van der Waals surface area contributed by atoms with E-state index >= 15 is 0 Å². The number of benzene rings is 3. The maximum Gasteiger partial charge on any atom is 0.573 e. The van der Waals surface area contributed by atoms with Crippen molar-refractivity contribution >= 4 is 23.7 Å². The second kappa shape index (κ2) is 10.5. The monoisotopic (exact) mass is 510 g/mol. The van der Waals surface area contributed by atoms with Gasteiger partial charge >= 0.3 is 6.36 Å². The van der Waals surface area contributed by atoms with Crippen molar-refractivity contribution in [1.82, 2.24) is 14.8 Å². The molecule has 0 aliphatic rings. The van der Waals surface area contributed by atoms with Gasteiger partial charge in [0.1, 0.15) is 5.75 Å². The minimum absolute atomic E-state index is 0.0634. The number of halogens is 3. The number of nitrogens with two attached hydrogens (primary N) is 1. The zero-order valence-electron chi connectivity index (χ0n) is 19.4. The van der Waals surface area contributed by atoms with E-state index < -0.39 is 23.9 Å². The Morgan fingerprint density at radius 2 is 1.62 bits per heavy atom. The summed E-state index contributed by atoms with van der Waals surface area (Å²) >= 11 is 0. The molecule has 0 spiro atoms. The lowest BCUT2D eigenvalue weighted by atomic mass is 10.1. The first-order valence-electron chi connectivity index (χ1n) is 10.9. The predicted molar refractivity (Wildman–Crippen MR) is 129 cm³/mol. The third-order valence-electron chi connectivity index (χ3n) is 5.21. The summed E-state index contributed by atoms with van der Waals surface area (Å²) in [5.74, 6) is -1.63. The van der Waals surface area contributed by atoms with E-state index in [9.17, 15) is 22.8 Å². The van der Waals surface area contributed by atoms with Crippen molar-refractivity contribution in [3.05, 3.63) is 95.1 Å². The van der Waals surface area contributed by atoms with Gasteiger partial charge in [0.15, 0.2) is 0 Å². The molecule has 0 unspecified atom stereocenters. The van der Waals surface area contributed by atoms with Crippen LogP contribution in [0.4, 0.5) is 25.1 Å². The van der Waals surface area contributed by atoms with Gasteiger partial charge in [-0.1, -0.05) is 30.3 Å². The minimum atomic E-state index is -4.85. The largest absolute Gasteiger partial charge is 0.573 e. The third-order valence-corrected chi connectivity index (χ3v) is 5.21. The molecule has 3 aromatic carbocycles. The van der Waals surface area contributed by atoms with Crippen molar-refractivity contribution in [2.75, 3.05) is 10.6 Å². The molecule has 0 aliphatic carbocycles. The van der Waals surface area contributed by atoms with Gasteiger partial charge in [-0.25, -0.2) is 0 Å². The molecule has 0 radical (unpaired) electrons. The number of aryl methyl sites for hydroxylation is 1. The lowest BCUT2D eigenvalue weighted by molar-refractivity contribution is -0.274. The molecule has 0 saturated heterocycles. The molecular weight excluding hydrogens is 489 g/mol. The van der Waals surface area contributed by atoms with E-state index in [-0.39, 0.29) is 17.6 Å². The molecule has 0 saturated carbocycles. The van der Waals surface area contributed by atoms with E-state index in [1.54, 1.807) is 55.5 Å². The Morgan fingerprint density at radius 1 is 0.946 bits per heavy atom. The van der Waals surface area contributed by atoms with Crippen LogP contribution in [0.3, 0.4) is 0 Å². The molecule has 4 N–H and O–H groups in total. The van der Waals surface area contributed by atoms with Crippen molar-refractivity contribution in [2.24, 2.45) is 5.73 Å². The van der Waals surface area contributed by atoms with Crippen LogP contribution >= 0.6 is 0 Å². The summed E-state index contributed by atoms with van der Waals surface area (Å²) in [6, 6.07) is 18.3. The number of nitrogens with zero attached hydrogens (tertiary/aromatic N) is 3. The van der Waals surface area contributed by atoms with Crippen LogP contribution in [-0.2, 0) is 6.54 Å². The number of ether oxygens (including phenoxy) is 1. The zero-order chi connectivity index (χ0) is 26.6. The maximum absolute atomic E-state index is 12.9. The van der Waals surface area contributed by atoms with Crippen molar-refractivity contribution in [3.63, 3.8) is 0 Å². The summed E-state index contributed by atoms with van der Waals surface area (Å²) in [4.78, 5) is 29.8. The lowest BCUT2D eigenvalue weighted by Crippen LogP contribution is -2.17. The number of anilines is 2. The van der Waals surface area contributed by atoms with Crippen LogP contribution in [0.25, 0.3) is 5.69 Å². The van der Waals surface area contributed by atoms with Gasteiger partial charge in [-0.05, 0) is 60.5 Å². The highest BCUT2D eigenvalue weighted by atomic mass is 19.4. The zero-order valence-corrected chi connectivity index (χ0v) is 19.4. The van der Waals surface area contributed by atoms with Crippen LogP contribution in [0, 0.1) is 6.92 Å². The molecule has 4 aromatic rings. The second-order valence-electron chi connectivity index (χ2n) is 7.84. The van der Waals surface area contributed by atoms with Gasteiger partial charge in [-0.3, -0.25) is 20.2 Å². The number of hydrogen-bond acceptors (Lipinski definition) is 6. The first kappa shape index (κ1) is 25.4. The number of rotatable bonds is 7. The van der Waals surface area contributed by atoms with Gasteiger partial charge in [-0.15, -0.1) is 18.3 Å². The van der Waals surface area contributed by atoms with Crippen molar-refractivity contribution in [2.45, 2.75) is 19.8 Å². The van der Waals surface area contributed by atoms with Gasteiger partial charge in [0.2, 0.25) is 5.95 Å². The molecule has 190 valence electrons. The van der Waals surface area contributed by atoms with E-state index in [4.69, 9.17) is 5.73 Å². The maximum atomic E-state index is 12.9. The topological polar surface area (TPSA) is 124 Å². The first-order chi connectivity index (χ1) is 17.6. The second-order valence-corrected chi connectivity index (χ2v) is 7.84. The summed E-state index contributed by atoms with van der Waals surface area (Å²) in [5.41, 5.74) is 8.12. The van der Waals surface area contributed by atoms with Crippen LogP contribution in [0.15, 0.2) is 72.8 Å². The molecule has 0 aliphatic heterocycles. The van der Waals surface area contributed by atoms with Crippen molar-refractivity contribution in [3.8, 4) is 11.4 Å². The fourth-order valence-corrected chi connectivity index (χ4v) is 3.38. The molecule has 2 amide bonds. The van der Waals surface area contributed by atoms with E-state index in [1.807, 2.05) is 0 Å². The molecule has 0 atom stereocenters.